The highest BCUT2D eigenvalue weighted by molar-refractivity contribution is 7.90. The zero-order chi connectivity index (χ0) is 20.5. The summed E-state index contributed by atoms with van der Waals surface area (Å²) in [4.78, 5) is 5.70. The van der Waals surface area contributed by atoms with E-state index in [4.69, 9.17) is 11.6 Å². The molecule has 1 aliphatic rings. The van der Waals surface area contributed by atoms with Crippen LogP contribution in [0.5, 0.6) is 0 Å². The van der Waals surface area contributed by atoms with Crippen molar-refractivity contribution in [1.29, 1.82) is 0 Å². The monoisotopic (exact) mass is 443 g/mol. The normalized spacial score (nSPS) is 20.3. The van der Waals surface area contributed by atoms with Crippen molar-refractivity contribution in [3.8, 4) is 0 Å². The second kappa shape index (κ2) is 8.49. The number of rotatable bonds is 6. The molecule has 0 unspecified atom stereocenters. The van der Waals surface area contributed by atoms with Gasteiger partial charge < -0.3 is 10.2 Å². The number of anilines is 1. The smallest absolute Gasteiger partial charge is 0.187 e. The maximum Gasteiger partial charge on any atom is 0.187 e. The number of likely N-dealkylation sites (N-methyl/N-ethyl adjacent to an activating group) is 1. The fourth-order valence-corrected chi connectivity index (χ4v) is 6.01. The minimum absolute atomic E-state index is 0.0494. The second-order valence-electron chi connectivity index (χ2n) is 7.22. The Morgan fingerprint density at radius 1 is 1.39 bits per heavy atom. The number of halogens is 2. The highest BCUT2D eigenvalue weighted by atomic mass is 35.5. The van der Waals surface area contributed by atoms with Gasteiger partial charge in [0.1, 0.15) is 21.5 Å². The molecular formula is C19H23ClFN3O2S2. The first-order chi connectivity index (χ1) is 13.2. The molecule has 1 aromatic heterocycles. The number of hydrogen-bond donors (Lipinski definition) is 1. The summed E-state index contributed by atoms with van der Waals surface area (Å²) in [5.41, 5.74) is 1.72. The summed E-state index contributed by atoms with van der Waals surface area (Å²) in [5, 5.41) is 5.58. The van der Waals surface area contributed by atoms with Crippen LogP contribution in [0.25, 0.3) is 0 Å². The zero-order valence-corrected chi connectivity index (χ0v) is 18.3. The van der Waals surface area contributed by atoms with E-state index in [2.05, 4.69) is 28.2 Å². The highest BCUT2D eigenvalue weighted by Gasteiger charge is 2.28. The van der Waals surface area contributed by atoms with Gasteiger partial charge in [0.25, 0.3) is 0 Å². The first-order valence-electron chi connectivity index (χ1n) is 8.86. The van der Waals surface area contributed by atoms with Gasteiger partial charge in [0, 0.05) is 23.7 Å². The van der Waals surface area contributed by atoms with Gasteiger partial charge in [-0.2, -0.15) is 0 Å². The summed E-state index contributed by atoms with van der Waals surface area (Å²) in [7, 11) is 0.142. The number of aromatic nitrogens is 1. The molecule has 28 heavy (non-hydrogen) atoms. The Kier molecular flexibility index (Phi) is 6.44. The molecule has 1 N–H and O–H groups in total. The van der Waals surface area contributed by atoms with E-state index in [0.717, 1.165) is 12.8 Å². The van der Waals surface area contributed by atoms with Crippen molar-refractivity contribution in [2.75, 3.05) is 19.4 Å². The van der Waals surface area contributed by atoms with Gasteiger partial charge in [0.05, 0.1) is 10.7 Å². The summed E-state index contributed by atoms with van der Waals surface area (Å²) in [6.07, 6.45) is 5.38. The molecule has 0 aliphatic heterocycles. The van der Waals surface area contributed by atoms with Crippen molar-refractivity contribution in [2.24, 2.45) is 0 Å². The Balaban J connectivity index is 1.86. The summed E-state index contributed by atoms with van der Waals surface area (Å²) in [6, 6.07) is 2.65. The van der Waals surface area contributed by atoms with Crippen molar-refractivity contribution in [1.82, 2.24) is 9.88 Å². The zero-order valence-electron chi connectivity index (χ0n) is 15.9. The Morgan fingerprint density at radius 3 is 2.79 bits per heavy atom. The molecule has 0 saturated carbocycles. The molecule has 0 fully saturated rings. The molecule has 0 radical (unpaired) electrons. The Morgan fingerprint density at radius 2 is 2.14 bits per heavy atom. The number of sulfone groups is 1. The fraction of sp³-hybridized carbons (Fsp3) is 0.421. The van der Waals surface area contributed by atoms with Gasteiger partial charge >= 0.3 is 0 Å². The summed E-state index contributed by atoms with van der Waals surface area (Å²) in [6.45, 7) is 2.10. The number of nitrogens with one attached hydrogen (secondary N) is 1. The molecule has 3 rings (SSSR count). The lowest BCUT2D eigenvalue weighted by molar-refractivity contribution is 0.253. The third kappa shape index (κ3) is 4.74. The van der Waals surface area contributed by atoms with Gasteiger partial charge in [-0.1, -0.05) is 23.3 Å². The third-order valence-electron chi connectivity index (χ3n) is 4.87. The van der Waals surface area contributed by atoms with E-state index < -0.39 is 20.5 Å². The number of thiazole rings is 1. The van der Waals surface area contributed by atoms with Crippen molar-refractivity contribution in [3.63, 3.8) is 0 Å². The second-order valence-corrected chi connectivity index (χ2v) is 10.6. The van der Waals surface area contributed by atoms with Crippen LogP contribution in [0.15, 0.2) is 40.3 Å². The van der Waals surface area contributed by atoms with Gasteiger partial charge in [0.15, 0.2) is 9.84 Å². The van der Waals surface area contributed by atoms with Crippen LogP contribution in [0.3, 0.4) is 0 Å². The minimum Gasteiger partial charge on any atom is -0.379 e. The SMILES string of the molecule is CC1=CC[C@H](Nc2cc(F)c(S(=O)(=O)Cc3nccs3)cc2Cl)[C@@H](N(C)C)C1. The molecule has 0 spiro atoms. The molecular weight excluding hydrogens is 421 g/mol. The lowest BCUT2D eigenvalue weighted by atomic mass is 9.90. The molecule has 2 atom stereocenters. The topological polar surface area (TPSA) is 62.3 Å². The van der Waals surface area contributed by atoms with Gasteiger partial charge in [-0.25, -0.2) is 17.8 Å². The van der Waals surface area contributed by atoms with Gasteiger partial charge in [-0.05, 0) is 46.0 Å². The minimum atomic E-state index is -3.87. The van der Waals surface area contributed by atoms with Crippen molar-refractivity contribution in [3.05, 3.63) is 51.2 Å². The molecule has 0 saturated heterocycles. The van der Waals surface area contributed by atoms with E-state index in [1.54, 1.807) is 5.38 Å². The van der Waals surface area contributed by atoms with E-state index >= 15 is 0 Å². The van der Waals surface area contributed by atoms with E-state index in [9.17, 15) is 12.8 Å². The van der Waals surface area contributed by atoms with E-state index in [-0.39, 0.29) is 22.9 Å². The lowest BCUT2D eigenvalue weighted by Gasteiger charge is -2.36. The quantitative estimate of drug-likeness (QED) is 0.672. The van der Waals surface area contributed by atoms with Crippen LogP contribution in [0.4, 0.5) is 10.1 Å². The Bertz CT molecular complexity index is 975. The number of hydrogen-bond acceptors (Lipinski definition) is 6. The van der Waals surface area contributed by atoms with Crippen LogP contribution in [-0.2, 0) is 15.6 Å². The molecule has 5 nitrogen and oxygen atoms in total. The van der Waals surface area contributed by atoms with Crippen LogP contribution < -0.4 is 5.32 Å². The molecule has 1 heterocycles. The molecule has 9 heteroatoms. The molecule has 152 valence electrons. The number of benzene rings is 1. The standard InChI is InChI=1S/C19H23ClFN3O2S2/c1-12-4-5-15(17(8-12)24(2)3)23-16-10-14(21)18(9-13(16)20)28(25,26)11-19-22-6-7-27-19/h4,6-7,9-10,15,17,23H,5,8,11H2,1-3H3/t15-,17-/m0/s1. The van der Waals surface area contributed by atoms with Crippen LogP contribution in [-0.4, -0.2) is 44.5 Å². The van der Waals surface area contributed by atoms with Crippen molar-refractivity contribution in [2.45, 2.75) is 42.5 Å². The van der Waals surface area contributed by atoms with Crippen molar-refractivity contribution < 1.29 is 12.8 Å². The van der Waals surface area contributed by atoms with E-state index in [1.165, 1.54) is 35.2 Å². The van der Waals surface area contributed by atoms with Gasteiger partial charge in [-0.3, -0.25) is 0 Å². The lowest BCUT2D eigenvalue weighted by Crippen LogP contribution is -2.45. The number of nitrogens with zero attached hydrogens (tertiary/aromatic N) is 2. The van der Waals surface area contributed by atoms with Crippen LogP contribution in [0.2, 0.25) is 5.02 Å². The largest absolute Gasteiger partial charge is 0.379 e. The summed E-state index contributed by atoms with van der Waals surface area (Å²) < 4.78 is 39.9. The fourth-order valence-electron chi connectivity index (χ4n) is 3.38. The van der Waals surface area contributed by atoms with E-state index in [1.807, 2.05) is 14.1 Å². The maximum absolute atomic E-state index is 14.7. The first-order valence-corrected chi connectivity index (χ1v) is 11.8. The van der Waals surface area contributed by atoms with Gasteiger partial charge in [-0.15, -0.1) is 11.3 Å². The Hall–Kier alpha value is -1.48. The molecule has 1 aromatic carbocycles. The highest BCUT2D eigenvalue weighted by Crippen LogP contribution is 2.32. The summed E-state index contributed by atoms with van der Waals surface area (Å²) in [5.74, 6) is -1.16. The average molecular weight is 444 g/mol. The maximum atomic E-state index is 14.7. The summed E-state index contributed by atoms with van der Waals surface area (Å²) >= 11 is 7.54. The molecule has 0 amide bonds. The Labute approximate surface area is 174 Å². The predicted octanol–water partition coefficient (Wildman–Crippen LogP) is 4.36. The van der Waals surface area contributed by atoms with Crippen molar-refractivity contribution >= 4 is 38.5 Å². The van der Waals surface area contributed by atoms with Crippen LogP contribution in [0.1, 0.15) is 24.8 Å². The molecule has 0 bridgehead atoms. The third-order valence-corrected chi connectivity index (χ3v) is 7.79. The average Bonchev–Trinajstić information content (AvgIpc) is 3.11. The first kappa shape index (κ1) is 21.2. The van der Waals surface area contributed by atoms with Crippen LogP contribution in [0, 0.1) is 5.82 Å². The van der Waals surface area contributed by atoms with E-state index in [0.29, 0.717) is 10.7 Å². The van der Waals surface area contributed by atoms with Gasteiger partial charge in [0.2, 0.25) is 0 Å². The predicted molar refractivity (Wildman–Crippen MR) is 112 cm³/mol. The van der Waals surface area contributed by atoms with Crippen LogP contribution >= 0.6 is 22.9 Å². The molecule has 1 aliphatic carbocycles. The molecule has 2 aromatic rings.